The molecule has 0 saturated heterocycles. The molecular formula is C24H23ClN6O2. The van der Waals surface area contributed by atoms with Crippen LogP contribution in [0.25, 0.3) is 10.9 Å². The predicted octanol–water partition coefficient (Wildman–Crippen LogP) is 3.64. The molecule has 8 nitrogen and oxygen atoms in total. The molecule has 0 aliphatic carbocycles. The molecule has 0 atom stereocenters. The zero-order chi connectivity index (χ0) is 23.7. The first kappa shape index (κ1) is 22.4. The molecule has 168 valence electrons. The van der Waals surface area contributed by atoms with Gasteiger partial charge in [-0.05, 0) is 61.2 Å². The highest BCUT2D eigenvalue weighted by Gasteiger charge is 2.19. The minimum absolute atomic E-state index is 0.0316. The molecule has 4 N–H and O–H groups in total. The monoisotopic (exact) mass is 462 g/mol. The molecule has 1 amide bonds. The largest absolute Gasteiger partial charge is 0.384 e. The van der Waals surface area contributed by atoms with E-state index in [-0.39, 0.29) is 23.7 Å². The number of hydrogen-bond donors (Lipinski definition) is 2. The van der Waals surface area contributed by atoms with Crippen LogP contribution in [0.5, 0.6) is 0 Å². The summed E-state index contributed by atoms with van der Waals surface area (Å²) in [5.41, 5.74) is 16.0. The van der Waals surface area contributed by atoms with E-state index in [0.717, 1.165) is 33.3 Å². The fourth-order valence-corrected chi connectivity index (χ4v) is 4.12. The second kappa shape index (κ2) is 8.99. The van der Waals surface area contributed by atoms with Crippen LogP contribution in [-0.4, -0.2) is 31.2 Å². The van der Waals surface area contributed by atoms with Gasteiger partial charge in [0.05, 0.1) is 10.5 Å². The van der Waals surface area contributed by atoms with Crippen LogP contribution in [0.4, 0.5) is 5.82 Å². The lowest BCUT2D eigenvalue weighted by Gasteiger charge is -2.09. The molecule has 4 aromatic rings. The number of carbonyl (C=O) groups excluding carboxylic acids is 2. The molecule has 4 rings (SSSR count). The van der Waals surface area contributed by atoms with Gasteiger partial charge in [0.1, 0.15) is 11.5 Å². The van der Waals surface area contributed by atoms with Gasteiger partial charge in [-0.15, -0.1) is 0 Å². The number of hydrogen-bond acceptors (Lipinski definition) is 6. The number of rotatable bonds is 7. The summed E-state index contributed by atoms with van der Waals surface area (Å²) in [6.07, 6.45) is 3.89. The number of aryl methyl sites for hydroxylation is 2. The highest BCUT2D eigenvalue weighted by Crippen LogP contribution is 2.21. The molecule has 0 aliphatic rings. The molecule has 0 unspecified atom stereocenters. The van der Waals surface area contributed by atoms with E-state index in [9.17, 15) is 9.59 Å². The average Bonchev–Trinajstić information content (AvgIpc) is 3.16. The van der Waals surface area contributed by atoms with E-state index in [4.69, 9.17) is 23.1 Å². The number of nitrogen functional groups attached to an aromatic ring is 1. The number of ketones is 1. The Morgan fingerprint density at radius 3 is 2.64 bits per heavy atom. The number of nitrogens with two attached hydrogens (primary N) is 2. The number of Topliss-reactive ketones (excluding diaryl/α,β-unsaturated/α-hetero) is 1. The van der Waals surface area contributed by atoms with Crippen molar-refractivity contribution in [1.29, 1.82) is 0 Å². The van der Waals surface area contributed by atoms with Crippen LogP contribution in [0.1, 0.15) is 49.9 Å². The van der Waals surface area contributed by atoms with Gasteiger partial charge < -0.3 is 16.0 Å². The number of aromatic nitrogens is 4. The lowest BCUT2D eigenvalue weighted by Crippen LogP contribution is -2.18. The number of carbonyl (C=O) groups is 2. The first-order valence-electron chi connectivity index (χ1n) is 10.4. The summed E-state index contributed by atoms with van der Waals surface area (Å²) in [4.78, 5) is 37.6. The second-order valence-electron chi connectivity index (χ2n) is 7.97. The van der Waals surface area contributed by atoms with E-state index in [1.807, 2.05) is 38.1 Å². The predicted molar refractivity (Wildman–Crippen MR) is 127 cm³/mol. The Morgan fingerprint density at radius 1 is 1.12 bits per heavy atom. The maximum Gasteiger partial charge on any atom is 0.284 e. The third-order valence-electron chi connectivity index (χ3n) is 5.52. The SMILES string of the molecule is Cc1cc(N)nc(C)c1CCC(=O)c1cn(Cc2ccc3ncc(Cl)cc3c2)c(C(N)=O)n1. The molecular weight excluding hydrogens is 440 g/mol. The van der Waals surface area contributed by atoms with Crippen LogP contribution in [0, 0.1) is 13.8 Å². The standard InChI is InChI=1S/C24H23ClN6O2/c1-13-7-22(26)29-14(2)18(13)4-6-21(32)20-12-31(24(30-20)23(27)33)11-15-3-5-19-16(8-15)9-17(25)10-28-19/h3,5,7-10,12H,4,6,11H2,1-2H3,(H2,26,29)(H2,27,33). The summed E-state index contributed by atoms with van der Waals surface area (Å²) in [6.45, 7) is 4.13. The highest BCUT2D eigenvalue weighted by molar-refractivity contribution is 6.31. The minimum atomic E-state index is -0.700. The van der Waals surface area contributed by atoms with Crippen LogP contribution in [0.2, 0.25) is 5.02 Å². The van der Waals surface area contributed by atoms with Crippen molar-refractivity contribution in [2.24, 2.45) is 5.73 Å². The zero-order valence-electron chi connectivity index (χ0n) is 18.3. The Kier molecular flexibility index (Phi) is 6.11. The van der Waals surface area contributed by atoms with Crippen molar-refractivity contribution in [2.75, 3.05) is 5.73 Å². The summed E-state index contributed by atoms with van der Waals surface area (Å²) in [5.74, 6) is -0.392. The minimum Gasteiger partial charge on any atom is -0.384 e. The third kappa shape index (κ3) is 4.85. The number of pyridine rings is 2. The fourth-order valence-electron chi connectivity index (χ4n) is 3.95. The molecule has 0 aliphatic heterocycles. The highest BCUT2D eigenvalue weighted by atomic mass is 35.5. The van der Waals surface area contributed by atoms with E-state index in [1.54, 1.807) is 23.0 Å². The Hall–Kier alpha value is -3.78. The van der Waals surface area contributed by atoms with Gasteiger partial charge in [0.25, 0.3) is 5.91 Å². The maximum atomic E-state index is 12.9. The number of anilines is 1. The lowest BCUT2D eigenvalue weighted by molar-refractivity contribution is 0.0978. The maximum absolute atomic E-state index is 12.9. The van der Waals surface area contributed by atoms with Gasteiger partial charge >= 0.3 is 0 Å². The lowest BCUT2D eigenvalue weighted by atomic mass is 10.0. The van der Waals surface area contributed by atoms with Crippen LogP contribution in [-0.2, 0) is 13.0 Å². The molecule has 3 aromatic heterocycles. The van der Waals surface area contributed by atoms with Gasteiger partial charge in [-0.2, -0.15) is 0 Å². The molecule has 0 bridgehead atoms. The summed E-state index contributed by atoms with van der Waals surface area (Å²) >= 11 is 6.05. The van der Waals surface area contributed by atoms with Gasteiger partial charge in [0.15, 0.2) is 11.6 Å². The Morgan fingerprint density at radius 2 is 1.91 bits per heavy atom. The van der Waals surface area contributed by atoms with Crippen molar-refractivity contribution in [3.63, 3.8) is 0 Å². The van der Waals surface area contributed by atoms with E-state index < -0.39 is 5.91 Å². The fraction of sp³-hybridized carbons (Fsp3) is 0.208. The number of nitrogens with zero attached hydrogens (tertiary/aromatic N) is 4. The van der Waals surface area contributed by atoms with Gasteiger partial charge in [-0.3, -0.25) is 14.6 Å². The molecule has 9 heteroatoms. The normalized spacial score (nSPS) is 11.1. The van der Waals surface area contributed by atoms with E-state index in [2.05, 4.69) is 15.0 Å². The number of fused-ring (bicyclic) bond motifs is 1. The molecule has 33 heavy (non-hydrogen) atoms. The number of imidazole rings is 1. The first-order valence-corrected chi connectivity index (χ1v) is 10.8. The van der Waals surface area contributed by atoms with Gasteiger partial charge in [-0.1, -0.05) is 17.7 Å². The van der Waals surface area contributed by atoms with Gasteiger partial charge in [-0.25, -0.2) is 9.97 Å². The third-order valence-corrected chi connectivity index (χ3v) is 5.73. The summed E-state index contributed by atoms with van der Waals surface area (Å²) in [5, 5.41) is 1.41. The zero-order valence-corrected chi connectivity index (χ0v) is 19.1. The van der Waals surface area contributed by atoms with Crippen molar-refractivity contribution < 1.29 is 9.59 Å². The van der Waals surface area contributed by atoms with Crippen LogP contribution < -0.4 is 11.5 Å². The molecule has 1 aromatic carbocycles. The number of halogens is 1. The Bertz CT molecular complexity index is 1370. The van der Waals surface area contributed by atoms with Gasteiger partial charge in [0, 0.05) is 36.4 Å². The van der Waals surface area contributed by atoms with Crippen molar-refractivity contribution in [3.8, 4) is 0 Å². The summed E-state index contributed by atoms with van der Waals surface area (Å²) in [6, 6.07) is 9.31. The summed E-state index contributed by atoms with van der Waals surface area (Å²) < 4.78 is 1.59. The van der Waals surface area contributed by atoms with Crippen LogP contribution in [0.15, 0.2) is 42.7 Å². The Labute approximate surface area is 195 Å². The van der Waals surface area contributed by atoms with Crippen molar-refractivity contribution in [3.05, 3.63) is 81.7 Å². The smallest absolute Gasteiger partial charge is 0.284 e. The van der Waals surface area contributed by atoms with E-state index in [1.165, 1.54) is 0 Å². The second-order valence-corrected chi connectivity index (χ2v) is 8.41. The number of amides is 1. The van der Waals surface area contributed by atoms with Crippen LogP contribution in [0.3, 0.4) is 0 Å². The molecule has 0 saturated carbocycles. The average molecular weight is 463 g/mol. The molecule has 0 radical (unpaired) electrons. The van der Waals surface area contributed by atoms with Crippen molar-refractivity contribution in [1.82, 2.24) is 19.5 Å². The molecule has 3 heterocycles. The topological polar surface area (TPSA) is 130 Å². The summed E-state index contributed by atoms with van der Waals surface area (Å²) in [7, 11) is 0. The van der Waals surface area contributed by atoms with Crippen LogP contribution >= 0.6 is 11.6 Å². The quantitative estimate of drug-likeness (QED) is 0.403. The first-order chi connectivity index (χ1) is 15.7. The number of benzene rings is 1. The van der Waals surface area contributed by atoms with Gasteiger partial charge in [0.2, 0.25) is 0 Å². The molecule has 0 fully saturated rings. The Balaban J connectivity index is 1.56. The molecule has 0 spiro atoms. The number of primary amides is 1. The van der Waals surface area contributed by atoms with E-state index in [0.29, 0.717) is 23.8 Å². The van der Waals surface area contributed by atoms with E-state index >= 15 is 0 Å². The van der Waals surface area contributed by atoms with Crippen molar-refractivity contribution in [2.45, 2.75) is 33.2 Å². The van der Waals surface area contributed by atoms with Crippen molar-refractivity contribution >= 4 is 40.0 Å².